The molecule has 1 fully saturated rings. The minimum absolute atomic E-state index is 0.0173. The van der Waals surface area contributed by atoms with E-state index in [9.17, 15) is 18.5 Å². The van der Waals surface area contributed by atoms with Crippen LogP contribution < -0.4 is 5.43 Å². The van der Waals surface area contributed by atoms with Gasteiger partial charge in [-0.25, -0.2) is 13.4 Å². The van der Waals surface area contributed by atoms with Gasteiger partial charge in [0.1, 0.15) is 0 Å². The highest BCUT2D eigenvalue weighted by molar-refractivity contribution is 7.89. The van der Waals surface area contributed by atoms with Gasteiger partial charge in [-0.3, -0.25) is 15.5 Å². The SMILES string of the molecule is CC1CN(S(=O)(=O)c2cccc(-c3csc(NN=Cc4cccc([N+](=O)[O-])c4)n3)c2)CC(C)O1. The lowest BCUT2D eigenvalue weighted by atomic mass is 10.2. The maximum atomic E-state index is 13.2. The maximum Gasteiger partial charge on any atom is 0.270 e. The van der Waals surface area contributed by atoms with Crippen molar-refractivity contribution in [2.75, 3.05) is 18.5 Å². The van der Waals surface area contributed by atoms with Gasteiger partial charge in [0.15, 0.2) is 0 Å². The van der Waals surface area contributed by atoms with Crippen LogP contribution in [0.25, 0.3) is 11.3 Å². The summed E-state index contributed by atoms with van der Waals surface area (Å²) < 4.78 is 33.5. The van der Waals surface area contributed by atoms with Crippen molar-refractivity contribution in [2.45, 2.75) is 31.0 Å². The van der Waals surface area contributed by atoms with Crippen LogP contribution in [0, 0.1) is 10.1 Å². The Morgan fingerprint density at radius 3 is 2.68 bits per heavy atom. The molecule has 1 N–H and O–H groups in total. The minimum atomic E-state index is -3.66. The fourth-order valence-electron chi connectivity index (χ4n) is 3.63. The molecule has 1 aliphatic rings. The molecule has 4 rings (SSSR count). The van der Waals surface area contributed by atoms with Crippen LogP contribution in [0.2, 0.25) is 0 Å². The van der Waals surface area contributed by atoms with E-state index in [2.05, 4.69) is 15.5 Å². The van der Waals surface area contributed by atoms with Gasteiger partial charge in [0, 0.05) is 41.7 Å². The molecule has 2 heterocycles. The second-order valence-corrected chi connectivity index (χ2v) is 10.7. The Balaban J connectivity index is 1.48. The monoisotopic (exact) mass is 501 g/mol. The Hall–Kier alpha value is -3.19. The second-order valence-electron chi connectivity index (χ2n) is 7.87. The van der Waals surface area contributed by atoms with Crippen molar-refractivity contribution in [2.24, 2.45) is 5.10 Å². The van der Waals surface area contributed by atoms with Crippen LogP contribution in [0.1, 0.15) is 19.4 Å². The van der Waals surface area contributed by atoms with Gasteiger partial charge in [-0.2, -0.15) is 9.41 Å². The Morgan fingerprint density at radius 2 is 1.94 bits per heavy atom. The predicted octanol–water partition coefficient (Wildman–Crippen LogP) is 3.96. The number of anilines is 1. The highest BCUT2D eigenvalue weighted by atomic mass is 32.2. The summed E-state index contributed by atoms with van der Waals surface area (Å²) in [6.45, 7) is 4.34. The summed E-state index contributed by atoms with van der Waals surface area (Å²) in [6.07, 6.45) is 1.12. The topological polar surface area (TPSA) is 127 Å². The van der Waals surface area contributed by atoms with Gasteiger partial charge in [0.05, 0.1) is 33.9 Å². The number of aromatic nitrogens is 1. The summed E-state index contributed by atoms with van der Waals surface area (Å²) >= 11 is 1.31. The van der Waals surface area contributed by atoms with Crippen molar-refractivity contribution in [1.29, 1.82) is 0 Å². The summed E-state index contributed by atoms with van der Waals surface area (Å²) in [7, 11) is -3.66. The van der Waals surface area contributed by atoms with Gasteiger partial charge < -0.3 is 4.74 Å². The van der Waals surface area contributed by atoms with Gasteiger partial charge in [-0.15, -0.1) is 11.3 Å². The number of morpholine rings is 1. The standard InChI is InChI=1S/C22H23N5O5S2/c1-15-12-26(13-16(2)32-15)34(30,31)20-8-4-6-18(10-20)21-14-33-22(24-21)25-23-11-17-5-3-7-19(9-17)27(28)29/h3-11,14-16H,12-13H2,1-2H3,(H,24,25). The number of benzene rings is 2. The number of hydrogen-bond acceptors (Lipinski definition) is 9. The lowest BCUT2D eigenvalue weighted by Gasteiger charge is -2.34. The first-order valence-electron chi connectivity index (χ1n) is 10.5. The predicted molar refractivity (Wildman–Crippen MR) is 131 cm³/mol. The van der Waals surface area contributed by atoms with Crippen LogP contribution in [-0.2, 0) is 14.8 Å². The number of rotatable bonds is 7. The van der Waals surface area contributed by atoms with E-state index in [0.29, 0.717) is 35.0 Å². The van der Waals surface area contributed by atoms with Crippen LogP contribution in [0.5, 0.6) is 0 Å². The maximum absolute atomic E-state index is 13.2. The Bertz CT molecular complexity index is 1310. The number of thiazole rings is 1. The zero-order chi connectivity index (χ0) is 24.3. The highest BCUT2D eigenvalue weighted by Gasteiger charge is 2.32. The van der Waals surface area contributed by atoms with Crippen LogP contribution in [0.15, 0.2) is 63.9 Å². The summed E-state index contributed by atoms with van der Waals surface area (Å²) in [5.41, 5.74) is 4.64. The number of hydrogen-bond donors (Lipinski definition) is 1. The molecule has 1 aromatic heterocycles. The first-order valence-corrected chi connectivity index (χ1v) is 12.8. The molecule has 0 amide bonds. The molecule has 10 nitrogen and oxygen atoms in total. The fourth-order valence-corrected chi connectivity index (χ4v) is 5.94. The molecule has 3 aromatic rings. The van der Waals surface area contributed by atoms with Crippen LogP contribution in [0.4, 0.5) is 10.8 Å². The summed E-state index contributed by atoms with van der Waals surface area (Å²) in [6, 6.07) is 12.8. The van der Waals surface area contributed by atoms with Crippen LogP contribution in [0.3, 0.4) is 0 Å². The van der Waals surface area contributed by atoms with Crippen molar-refractivity contribution >= 4 is 38.4 Å². The Morgan fingerprint density at radius 1 is 1.21 bits per heavy atom. The van der Waals surface area contributed by atoms with Gasteiger partial charge >= 0.3 is 0 Å². The molecule has 2 unspecified atom stereocenters. The number of sulfonamides is 1. The minimum Gasteiger partial charge on any atom is -0.373 e. The van der Waals surface area contributed by atoms with E-state index < -0.39 is 14.9 Å². The van der Waals surface area contributed by atoms with Crippen LogP contribution >= 0.6 is 11.3 Å². The molecule has 1 saturated heterocycles. The third-order valence-corrected chi connectivity index (χ3v) is 7.69. The van der Waals surface area contributed by atoms with E-state index in [0.717, 1.165) is 0 Å². The lowest BCUT2D eigenvalue weighted by Crippen LogP contribution is -2.48. The zero-order valence-electron chi connectivity index (χ0n) is 18.5. The van der Waals surface area contributed by atoms with Crippen molar-refractivity contribution in [3.63, 3.8) is 0 Å². The van der Waals surface area contributed by atoms with Crippen LogP contribution in [-0.4, -0.2) is 54.1 Å². The second kappa shape index (κ2) is 9.97. The van der Waals surface area contributed by atoms with E-state index in [1.807, 2.05) is 13.8 Å². The molecule has 12 heteroatoms. The molecule has 0 aliphatic carbocycles. The molecule has 1 aliphatic heterocycles. The van der Waals surface area contributed by atoms with Gasteiger partial charge in [0.25, 0.3) is 5.69 Å². The zero-order valence-corrected chi connectivity index (χ0v) is 20.1. The van der Waals surface area contributed by atoms with Gasteiger partial charge in [0.2, 0.25) is 15.2 Å². The normalized spacial score (nSPS) is 19.4. The molecule has 0 bridgehead atoms. The third-order valence-electron chi connectivity index (χ3n) is 5.11. The van der Waals surface area contributed by atoms with Crippen molar-refractivity contribution < 1.29 is 18.1 Å². The van der Waals surface area contributed by atoms with E-state index >= 15 is 0 Å². The van der Waals surface area contributed by atoms with E-state index in [1.54, 1.807) is 41.8 Å². The highest BCUT2D eigenvalue weighted by Crippen LogP contribution is 2.28. The number of hydrazone groups is 1. The average molecular weight is 502 g/mol. The molecule has 0 spiro atoms. The molecule has 178 valence electrons. The number of nitrogens with zero attached hydrogens (tertiary/aromatic N) is 4. The molecular formula is C22H23N5O5S2. The summed E-state index contributed by atoms with van der Waals surface area (Å²) in [5.74, 6) is 0. The quantitative estimate of drug-likeness (QED) is 0.295. The molecule has 2 aromatic carbocycles. The Kier molecular flexibility index (Phi) is 7.03. The number of nitro benzene ring substituents is 1. The molecule has 34 heavy (non-hydrogen) atoms. The number of non-ortho nitro benzene ring substituents is 1. The summed E-state index contributed by atoms with van der Waals surface area (Å²) in [5, 5.41) is 17.3. The smallest absolute Gasteiger partial charge is 0.270 e. The van der Waals surface area contributed by atoms with E-state index in [1.165, 1.54) is 34.0 Å². The first-order chi connectivity index (χ1) is 16.2. The van der Waals surface area contributed by atoms with Gasteiger partial charge in [-0.05, 0) is 26.0 Å². The third kappa shape index (κ3) is 5.47. The van der Waals surface area contributed by atoms with Crippen molar-refractivity contribution in [3.8, 4) is 11.3 Å². The van der Waals surface area contributed by atoms with E-state index in [4.69, 9.17) is 4.74 Å². The Labute approximate surface area is 201 Å². The summed E-state index contributed by atoms with van der Waals surface area (Å²) in [4.78, 5) is 15.1. The molecule has 0 saturated carbocycles. The first kappa shape index (κ1) is 24.0. The fraction of sp³-hybridized carbons (Fsp3) is 0.273. The number of ether oxygens (including phenoxy) is 1. The largest absolute Gasteiger partial charge is 0.373 e. The van der Waals surface area contributed by atoms with Crippen molar-refractivity contribution in [1.82, 2.24) is 9.29 Å². The molecule has 2 atom stereocenters. The molecule has 0 radical (unpaired) electrons. The van der Waals surface area contributed by atoms with E-state index in [-0.39, 0.29) is 22.8 Å². The molecular weight excluding hydrogens is 478 g/mol. The average Bonchev–Trinajstić information content (AvgIpc) is 3.28. The number of nitrogens with one attached hydrogen (secondary N) is 1. The lowest BCUT2D eigenvalue weighted by molar-refractivity contribution is -0.384. The van der Waals surface area contributed by atoms with Crippen molar-refractivity contribution in [3.05, 3.63) is 69.6 Å². The van der Waals surface area contributed by atoms with Gasteiger partial charge in [-0.1, -0.05) is 24.3 Å². The number of nitro groups is 1.